The van der Waals surface area contributed by atoms with Crippen LogP contribution in [0.3, 0.4) is 0 Å². The summed E-state index contributed by atoms with van der Waals surface area (Å²) in [6.45, 7) is 2.78. The van der Waals surface area contributed by atoms with Gasteiger partial charge in [-0.3, -0.25) is 0 Å². The largest absolute Gasteiger partial charge is 0.353 e. The molecule has 0 aliphatic heterocycles. The normalized spacial score (nSPS) is 13.9. The minimum absolute atomic E-state index is 0.213. The summed E-state index contributed by atoms with van der Waals surface area (Å²) in [6, 6.07) is 4.26. The molecule has 0 saturated heterocycles. The van der Waals surface area contributed by atoms with Crippen LogP contribution in [-0.4, -0.2) is 31.0 Å². The first kappa shape index (κ1) is 13.3. The smallest absolute Gasteiger partial charge is 0.147 e. The molecular weight excluding hydrogens is 224 g/mol. The van der Waals surface area contributed by atoms with E-state index in [4.69, 9.17) is 0 Å². The second-order valence-corrected chi connectivity index (χ2v) is 6.57. The van der Waals surface area contributed by atoms with Crippen molar-refractivity contribution in [3.63, 3.8) is 0 Å². The van der Waals surface area contributed by atoms with E-state index in [1.165, 1.54) is 11.9 Å². The second-order valence-electron chi connectivity index (χ2n) is 4.31. The van der Waals surface area contributed by atoms with Crippen molar-refractivity contribution in [2.24, 2.45) is 7.05 Å². The Morgan fingerprint density at radius 2 is 2.19 bits per heavy atom. The van der Waals surface area contributed by atoms with Crippen LogP contribution in [0.2, 0.25) is 0 Å². The van der Waals surface area contributed by atoms with E-state index in [1.54, 1.807) is 0 Å². The standard InChI is InChI=1S/C11H20N2O2S/c1-10(6-8-16(3,14)15)12-9-11-5-4-7-13(11)2/h4-5,7,10,12H,6,8-9H2,1-3H3. The minimum Gasteiger partial charge on any atom is -0.353 e. The van der Waals surface area contributed by atoms with Crippen molar-refractivity contribution in [1.82, 2.24) is 9.88 Å². The number of aryl methyl sites for hydroxylation is 1. The summed E-state index contributed by atoms with van der Waals surface area (Å²) in [4.78, 5) is 0. The van der Waals surface area contributed by atoms with Gasteiger partial charge in [0.25, 0.3) is 0 Å². The van der Waals surface area contributed by atoms with Crippen molar-refractivity contribution < 1.29 is 8.42 Å². The molecule has 0 aliphatic carbocycles. The van der Waals surface area contributed by atoms with E-state index >= 15 is 0 Å². The number of nitrogens with one attached hydrogen (secondary N) is 1. The van der Waals surface area contributed by atoms with Gasteiger partial charge < -0.3 is 9.88 Å². The lowest BCUT2D eigenvalue weighted by molar-refractivity contribution is 0.517. The first-order chi connectivity index (χ1) is 7.38. The molecule has 1 N–H and O–H groups in total. The third-order valence-corrected chi connectivity index (χ3v) is 3.58. The van der Waals surface area contributed by atoms with Crippen molar-refractivity contribution in [1.29, 1.82) is 0 Å². The molecule has 0 radical (unpaired) electrons. The zero-order valence-electron chi connectivity index (χ0n) is 10.1. The third-order valence-electron chi connectivity index (χ3n) is 2.60. The number of aromatic nitrogens is 1. The van der Waals surface area contributed by atoms with E-state index in [1.807, 2.05) is 26.2 Å². The third kappa shape index (κ3) is 4.81. The number of hydrogen-bond acceptors (Lipinski definition) is 3. The molecule has 5 heteroatoms. The van der Waals surface area contributed by atoms with Crippen molar-refractivity contribution >= 4 is 9.84 Å². The van der Waals surface area contributed by atoms with E-state index in [0.717, 1.165) is 6.54 Å². The number of nitrogens with zero attached hydrogens (tertiary/aromatic N) is 1. The van der Waals surface area contributed by atoms with Gasteiger partial charge in [0.15, 0.2) is 0 Å². The van der Waals surface area contributed by atoms with Crippen LogP contribution in [0.4, 0.5) is 0 Å². The SMILES string of the molecule is CC(CCS(C)(=O)=O)NCc1cccn1C. The van der Waals surface area contributed by atoms with Crippen molar-refractivity contribution in [2.75, 3.05) is 12.0 Å². The topological polar surface area (TPSA) is 51.1 Å². The lowest BCUT2D eigenvalue weighted by Gasteiger charge is -2.13. The molecule has 0 aromatic carbocycles. The number of rotatable bonds is 6. The molecule has 16 heavy (non-hydrogen) atoms. The fraction of sp³-hybridized carbons (Fsp3) is 0.636. The average molecular weight is 244 g/mol. The van der Waals surface area contributed by atoms with E-state index in [9.17, 15) is 8.42 Å². The van der Waals surface area contributed by atoms with Gasteiger partial charge in [-0.15, -0.1) is 0 Å². The Balaban J connectivity index is 2.31. The Bertz CT molecular complexity index is 423. The van der Waals surface area contributed by atoms with Gasteiger partial charge in [-0.1, -0.05) is 0 Å². The molecule has 0 amide bonds. The first-order valence-electron chi connectivity index (χ1n) is 5.40. The highest BCUT2D eigenvalue weighted by Crippen LogP contribution is 2.01. The van der Waals surface area contributed by atoms with Crippen molar-refractivity contribution in [3.05, 3.63) is 24.0 Å². The molecule has 4 nitrogen and oxygen atoms in total. The van der Waals surface area contributed by atoms with Crippen LogP contribution >= 0.6 is 0 Å². The summed E-state index contributed by atoms with van der Waals surface area (Å²) in [7, 11) is -0.846. The van der Waals surface area contributed by atoms with Gasteiger partial charge in [-0.2, -0.15) is 0 Å². The molecule has 1 rings (SSSR count). The van der Waals surface area contributed by atoms with E-state index in [0.29, 0.717) is 6.42 Å². The summed E-state index contributed by atoms with van der Waals surface area (Å²) in [5, 5.41) is 3.31. The molecular formula is C11H20N2O2S. The van der Waals surface area contributed by atoms with Crippen molar-refractivity contribution in [3.8, 4) is 0 Å². The van der Waals surface area contributed by atoms with Gasteiger partial charge >= 0.3 is 0 Å². The second kappa shape index (κ2) is 5.50. The maximum absolute atomic E-state index is 11.0. The molecule has 0 saturated carbocycles. The molecule has 1 aromatic heterocycles. The molecule has 1 atom stereocenters. The van der Waals surface area contributed by atoms with E-state index < -0.39 is 9.84 Å². The number of sulfone groups is 1. The summed E-state index contributed by atoms with van der Waals surface area (Å²) >= 11 is 0. The van der Waals surface area contributed by atoms with Crippen molar-refractivity contribution in [2.45, 2.75) is 25.9 Å². The monoisotopic (exact) mass is 244 g/mol. The average Bonchev–Trinajstić information content (AvgIpc) is 2.57. The fourth-order valence-electron chi connectivity index (χ4n) is 1.45. The molecule has 1 aromatic rings. The van der Waals surface area contributed by atoms with Gasteiger partial charge in [-0.25, -0.2) is 8.42 Å². The van der Waals surface area contributed by atoms with Crippen LogP contribution in [-0.2, 0) is 23.4 Å². The van der Waals surface area contributed by atoms with Crippen LogP contribution in [0.5, 0.6) is 0 Å². The van der Waals surface area contributed by atoms with E-state index in [2.05, 4.69) is 16.0 Å². The Labute approximate surface area is 97.6 Å². The van der Waals surface area contributed by atoms with Gasteiger partial charge in [0.2, 0.25) is 0 Å². The summed E-state index contributed by atoms with van der Waals surface area (Å²) in [5.41, 5.74) is 1.20. The van der Waals surface area contributed by atoms with Gasteiger partial charge in [-0.05, 0) is 25.5 Å². The van der Waals surface area contributed by atoms with Crippen LogP contribution in [0.15, 0.2) is 18.3 Å². The van der Waals surface area contributed by atoms with Crippen LogP contribution in [0.1, 0.15) is 19.0 Å². The minimum atomic E-state index is -2.84. The number of hydrogen-bond donors (Lipinski definition) is 1. The van der Waals surface area contributed by atoms with Gasteiger partial charge in [0.1, 0.15) is 9.84 Å². The Morgan fingerprint density at radius 3 is 2.69 bits per heavy atom. The van der Waals surface area contributed by atoms with Crippen LogP contribution < -0.4 is 5.32 Å². The first-order valence-corrected chi connectivity index (χ1v) is 7.46. The molecule has 1 heterocycles. The quantitative estimate of drug-likeness (QED) is 0.810. The predicted octanol–water partition coefficient (Wildman–Crippen LogP) is 0.938. The summed E-state index contributed by atoms with van der Waals surface area (Å²) < 4.78 is 24.0. The lowest BCUT2D eigenvalue weighted by atomic mass is 10.2. The summed E-state index contributed by atoms with van der Waals surface area (Å²) in [5.74, 6) is 0.244. The molecule has 0 fully saturated rings. The Kier molecular flexibility index (Phi) is 4.56. The molecule has 0 aliphatic rings. The predicted molar refractivity (Wildman–Crippen MR) is 66.0 cm³/mol. The zero-order valence-corrected chi connectivity index (χ0v) is 10.9. The Morgan fingerprint density at radius 1 is 1.50 bits per heavy atom. The van der Waals surface area contributed by atoms with Gasteiger partial charge in [0, 0.05) is 37.8 Å². The molecule has 92 valence electrons. The zero-order chi connectivity index (χ0) is 12.2. The summed E-state index contributed by atoms with van der Waals surface area (Å²) in [6.07, 6.45) is 3.93. The van der Waals surface area contributed by atoms with Crippen LogP contribution in [0, 0.1) is 0 Å². The highest BCUT2D eigenvalue weighted by molar-refractivity contribution is 7.90. The fourth-order valence-corrected chi connectivity index (χ4v) is 2.23. The maximum Gasteiger partial charge on any atom is 0.147 e. The van der Waals surface area contributed by atoms with Crippen LogP contribution in [0.25, 0.3) is 0 Å². The Hall–Kier alpha value is -0.810. The molecule has 1 unspecified atom stereocenters. The maximum atomic E-state index is 11.0. The van der Waals surface area contributed by atoms with E-state index in [-0.39, 0.29) is 11.8 Å². The highest BCUT2D eigenvalue weighted by atomic mass is 32.2. The molecule has 0 bridgehead atoms. The lowest BCUT2D eigenvalue weighted by Crippen LogP contribution is -2.28. The van der Waals surface area contributed by atoms with Gasteiger partial charge in [0.05, 0.1) is 5.75 Å². The molecule has 0 spiro atoms. The highest BCUT2D eigenvalue weighted by Gasteiger charge is 2.07.